The minimum atomic E-state index is -0.274. The molecule has 0 amide bonds. The Morgan fingerprint density at radius 1 is 0.800 bits per heavy atom. The summed E-state index contributed by atoms with van der Waals surface area (Å²) >= 11 is 0. The predicted molar refractivity (Wildman–Crippen MR) is 84.9 cm³/mol. The average Bonchev–Trinajstić information content (AvgIpc) is 2.24. The maximum atomic E-state index is 12.0. The lowest BCUT2D eigenvalue weighted by molar-refractivity contribution is -0.127. The molecule has 0 saturated carbocycles. The number of ketones is 2. The molecule has 0 aliphatic heterocycles. The van der Waals surface area contributed by atoms with E-state index in [0.29, 0.717) is 18.9 Å². The van der Waals surface area contributed by atoms with Crippen LogP contribution in [-0.4, -0.2) is 35.6 Å². The van der Waals surface area contributed by atoms with Crippen LogP contribution in [0.1, 0.15) is 68.2 Å². The molecular formula is C17H33NO2. The molecule has 0 N–H and O–H groups in total. The molecule has 3 nitrogen and oxygen atoms in total. The molecule has 0 rings (SSSR count). The van der Waals surface area contributed by atoms with E-state index >= 15 is 0 Å². The van der Waals surface area contributed by atoms with Crippen LogP contribution in [0.15, 0.2) is 0 Å². The number of carbonyl (C=O) groups excluding carboxylic acids is 2. The maximum Gasteiger partial charge on any atom is 0.139 e. The summed E-state index contributed by atoms with van der Waals surface area (Å²) in [6, 6.07) is 0.357. The van der Waals surface area contributed by atoms with Gasteiger partial charge in [-0.1, -0.05) is 41.5 Å². The number of hydrogen-bond donors (Lipinski definition) is 0. The molecule has 0 heterocycles. The Balaban J connectivity index is 4.40. The van der Waals surface area contributed by atoms with Crippen molar-refractivity contribution in [1.82, 2.24) is 4.90 Å². The van der Waals surface area contributed by atoms with Gasteiger partial charge in [0.2, 0.25) is 0 Å². The third-order valence-corrected chi connectivity index (χ3v) is 3.66. The predicted octanol–water partition coefficient (Wildman–Crippen LogP) is 3.71. The minimum Gasteiger partial charge on any atom is -0.300 e. The van der Waals surface area contributed by atoms with E-state index in [2.05, 4.69) is 18.7 Å². The van der Waals surface area contributed by atoms with Gasteiger partial charge in [0.1, 0.15) is 11.6 Å². The highest BCUT2D eigenvalue weighted by molar-refractivity contribution is 5.84. The average molecular weight is 283 g/mol. The van der Waals surface area contributed by atoms with Gasteiger partial charge in [-0.3, -0.25) is 9.59 Å². The van der Waals surface area contributed by atoms with Crippen molar-refractivity contribution in [2.45, 2.75) is 74.3 Å². The molecule has 0 aromatic carbocycles. The second-order valence-corrected chi connectivity index (χ2v) is 7.98. The van der Waals surface area contributed by atoms with E-state index in [1.807, 2.05) is 41.5 Å². The Morgan fingerprint density at radius 2 is 1.10 bits per heavy atom. The van der Waals surface area contributed by atoms with Crippen LogP contribution in [0.2, 0.25) is 0 Å². The zero-order valence-electron chi connectivity index (χ0n) is 14.7. The first-order valence-corrected chi connectivity index (χ1v) is 7.66. The molecule has 0 fully saturated rings. The molecule has 3 heteroatoms. The molecule has 0 saturated heterocycles. The monoisotopic (exact) mass is 283 g/mol. The Kier molecular flexibility index (Phi) is 7.09. The van der Waals surface area contributed by atoms with Crippen molar-refractivity contribution in [2.24, 2.45) is 10.8 Å². The summed E-state index contributed by atoms with van der Waals surface area (Å²) in [5.41, 5.74) is -0.548. The quantitative estimate of drug-likeness (QED) is 0.715. The van der Waals surface area contributed by atoms with E-state index in [4.69, 9.17) is 0 Å². The SMILES string of the molecule is CC(C)N(CCC(=O)C(C)(C)C)CCC(=O)C(C)(C)C. The van der Waals surface area contributed by atoms with E-state index in [9.17, 15) is 9.59 Å². The molecule has 20 heavy (non-hydrogen) atoms. The Labute approximate surface area is 125 Å². The van der Waals surface area contributed by atoms with Crippen LogP contribution in [0.5, 0.6) is 0 Å². The normalized spacial score (nSPS) is 13.1. The van der Waals surface area contributed by atoms with Crippen LogP contribution < -0.4 is 0 Å². The van der Waals surface area contributed by atoms with Gasteiger partial charge in [0.15, 0.2) is 0 Å². The van der Waals surface area contributed by atoms with Gasteiger partial charge in [0.05, 0.1) is 0 Å². The zero-order chi connectivity index (χ0) is 16.1. The highest BCUT2D eigenvalue weighted by Crippen LogP contribution is 2.19. The molecule has 0 aliphatic carbocycles. The topological polar surface area (TPSA) is 37.4 Å². The number of hydrogen-bond acceptors (Lipinski definition) is 3. The van der Waals surface area contributed by atoms with Gasteiger partial charge in [-0.2, -0.15) is 0 Å². The summed E-state index contributed by atoms with van der Waals surface area (Å²) in [6.45, 7) is 17.5. The number of nitrogens with zero attached hydrogens (tertiary/aromatic N) is 1. The first-order chi connectivity index (χ1) is 8.85. The summed E-state index contributed by atoms with van der Waals surface area (Å²) in [4.78, 5) is 26.2. The van der Waals surface area contributed by atoms with Crippen molar-refractivity contribution in [3.63, 3.8) is 0 Å². The summed E-state index contributed by atoms with van der Waals surface area (Å²) in [5, 5.41) is 0. The van der Waals surface area contributed by atoms with Gasteiger partial charge in [0, 0.05) is 42.8 Å². The second kappa shape index (κ2) is 7.35. The number of rotatable bonds is 7. The van der Waals surface area contributed by atoms with Crippen molar-refractivity contribution in [1.29, 1.82) is 0 Å². The van der Waals surface area contributed by atoms with Crippen molar-refractivity contribution >= 4 is 11.6 Å². The van der Waals surface area contributed by atoms with Crippen LogP contribution in [0.3, 0.4) is 0 Å². The molecule has 0 bridgehead atoms. The van der Waals surface area contributed by atoms with Gasteiger partial charge in [0.25, 0.3) is 0 Å². The summed E-state index contributed by atoms with van der Waals surface area (Å²) in [7, 11) is 0. The second-order valence-electron chi connectivity index (χ2n) is 7.98. The standard InChI is InChI=1S/C17H33NO2/c1-13(2)18(11-9-14(19)16(3,4)5)12-10-15(20)17(6,7)8/h13H,9-12H2,1-8H3. The molecule has 0 atom stereocenters. The van der Waals surface area contributed by atoms with Gasteiger partial charge in [-0.05, 0) is 13.8 Å². The molecule has 0 aliphatic rings. The van der Waals surface area contributed by atoms with E-state index in [1.165, 1.54) is 0 Å². The largest absolute Gasteiger partial charge is 0.300 e. The lowest BCUT2D eigenvalue weighted by atomic mass is 9.88. The molecule has 0 aromatic rings. The highest BCUT2D eigenvalue weighted by atomic mass is 16.1. The Hall–Kier alpha value is -0.700. The molecule has 0 spiro atoms. The molecule has 0 unspecified atom stereocenters. The van der Waals surface area contributed by atoms with Crippen LogP contribution in [0, 0.1) is 10.8 Å². The lowest BCUT2D eigenvalue weighted by Crippen LogP contribution is -2.37. The maximum absolute atomic E-state index is 12.0. The van der Waals surface area contributed by atoms with Crippen LogP contribution >= 0.6 is 0 Å². The van der Waals surface area contributed by atoms with Gasteiger partial charge >= 0.3 is 0 Å². The van der Waals surface area contributed by atoms with E-state index in [-0.39, 0.29) is 22.4 Å². The van der Waals surface area contributed by atoms with E-state index in [0.717, 1.165) is 13.1 Å². The fourth-order valence-electron chi connectivity index (χ4n) is 1.87. The molecular weight excluding hydrogens is 250 g/mol. The fraction of sp³-hybridized carbons (Fsp3) is 0.882. The van der Waals surface area contributed by atoms with Gasteiger partial charge < -0.3 is 4.90 Å². The third-order valence-electron chi connectivity index (χ3n) is 3.66. The summed E-state index contributed by atoms with van der Waals surface area (Å²) in [5.74, 6) is 0.565. The molecule has 0 aromatic heterocycles. The van der Waals surface area contributed by atoms with Crippen LogP contribution in [0.4, 0.5) is 0 Å². The van der Waals surface area contributed by atoms with Gasteiger partial charge in [-0.15, -0.1) is 0 Å². The minimum absolute atomic E-state index is 0.274. The zero-order valence-corrected chi connectivity index (χ0v) is 14.7. The number of carbonyl (C=O) groups is 2. The molecule has 0 radical (unpaired) electrons. The lowest BCUT2D eigenvalue weighted by Gasteiger charge is -2.28. The fourth-order valence-corrected chi connectivity index (χ4v) is 1.87. The van der Waals surface area contributed by atoms with Crippen molar-refractivity contribution in [2.75, 3.05) is 13.1 Å². The summed E-state index contributed by atoms with van der Waals surface area (Å²) < 4.78 is 0. The molecule has 118 valence electrons. The van der Waals surface area contributed by atoms with Crippen LogP contribution in [0.25, 0.3) is 0 Å². The third kappa shape index (κ3) is 7.18. The van der Waals surface area contributed by atoms with Crippen molar-refractivity contribution in [3.8, 4) is 0 Å². The van der Waals surface area contributed by atoms with E-state index in [1.54, 1.807) is 0 Å². The first kappa shape index (κ1) is 19.3. The first-order valence-electron chi connectivity index (χ1n) is 7.66. The van der Waals surface area contributed by atoms with Crippen molar-refractivity contribution in [3.05, 3.63) is 0 Å². The number of Topliss-reactive ketones (excluding diaryl/α,β-unsaturated/α-hetero) is 2. The highest BCUT2D eigenvalue weighted by Gasteiger charge is 2.24. The Bertz CT molecular complexity index is 302. The van der Waals surface area contributed by atoms with Gasteiger partial charge in [-0.25, -0.2) is 0 Å². The summed E-state index contributed by atoms with van der Waals surface area (Å²) in [6.07, 6.45) is 1.12. The Morgan fingerprint density at radius 3 is 1.30 bits per heavy atom. The van der Waals surface area contributed by atoms with Crippen molar-refractivity contribution < 1.29 is 9.59 Å². The smallest absolute Gasteiger partial charge is 0.139 e. The van der Waals surface area contributed by atoms with E-state index < -0.39 is 0 Å². The van der Waals surface area contributed by atoms with Crippen LogP contribution in [-0.2, 0) is 9.59 Å².